The molecule has 2 aliphatic heterocycles. The lowest BCUT2D eigenvalue weighted by atomic mass is 9.95. The predicted octanol–water partition coefficient (Wildman–Crippen LogP) is 1.86. The van der Waals surface area contributed by atoms with Crippen molar-refractivity contribution in [2.24, 2.45) is 0 Å². The number of amides is 1. The number of nitrogens with one attached hydrogen (secondary N) is 2. The zero-order valence-corrected chi connectivity index (χ0v) is 11.2. The average Bonchev–Trinajstić information content (AvgIpc) is 3.09. The maximum atomic E-state index is 12.4. The van der Waals surface area contributed by atoms with Gasteiger partial charge in [-0.3, -0.25) is 9.78 Å². The Morgan fingerprint density at radius 1 is 1.30 bits per heavy atom. The molecule has 2 N–H and O–H groups in total. The van der Waals surface area contributed by atoms with Gasteiger partial charge in [-0.15, -0.1) is 0 Å². The molecule has 0 radical (unpaired) electrons. The molecule has 4 heteroatoms. The number of fused-ring (bicyclic) bond motifs is 3. The number of carbonyl (C=O) groups excluding carboxylic acids is 1. The number of carbonyl (C=O) groups is 1. The van der Waals surface area contributed by atoms with E-state index in [4.69, 9.17) is 0 Å². The van der Waals surface area contributed by atoms with E-state index in [0.717, 1.165) is 17.3 Å². The number of nitrogens with zero attached hydrogens (tertiary/aromatic N) is 1. The molecule has 2 saturated heterocycles. The molecule has 0 saturated carbocycles. The SMILES string of the molecule is O=C(NC1CC2CCC1N2)c1ccc2ncccc2c1. The van der Waals surface area contributed by atoms with E-state index in [1.165, 1.54) is 12.8 Å². The van der Waals surface area contributed by atoms with Crippen molar-refractivity contribution in [1.82, 2.24) is 15.6 Å². The molecular formula is C16H17N3O. The topological polar surface area (TPSA) is 54.0 Å². The van der Waals surface area contributed by atoms with Crippen molar-refractivity contribution in [3.63, 3.8) is 0 Å². The van der Waals surface area contributed by atoms with Crippen molar-refractivity contribution in [3.05, 3.63) is 42.1 Å². The lowest BCUT2D eigenvalue weighted by Gasteiger charge is -2.21. The number of benzene rings is 1. The lowest BCUT2D eigenvalue weighted by molar-refractivity contribution is 0.0931. The molecule has 3 unspecified atom stereocenters. The standard InChI is InChI=1S/C16H17N3O/c20-16(19-15-9-12-4-6-14(15)18-12)11-3-5-13-10(8-11)2-1-7-17-13/h1-3,5,7-8,12,14-15,18H,4,6,9H2,(H,19,20). The Morgan fingerprint density at radius 3 is 3.05 bits per heavy atom. The largest absolute Gasteiger partial charge is 0.348 e. The van der Waals surface area contributed by atoms with Crippen molar-refractivity contribution >= 4 is 16.8 Å². The van der Waals surface area contributed by atoms with Crippen LogP contribution in [0.15, 0.2) is 36.5 Å². The molecular weight excluding hydrogens is 250 g/mol. The molecule has 0 spiro atoms. The molecule has 4 nitrogen and oxygen atoms in total. The Labute approximate surface area is 117 Å². The first-order valence-electron chi connectivity index (χ1n) is 7.21. The van der Waals surface area contributed by atoms with Crippen LogP contribution >= 0.6 is 0 Å². The average molecular weight is 267 g/mol. The van der Waals surface area contributed by atoms with Crippen molar-refractivity contribution in [3.8, 4) is 0 Å². The van der Waals surface area contributed by atoms with E-state index in [-0.39, 0.29) is 11.9 Å². The minimum absolute atomic E-state index is 0.0232. The van der Waals surface area contributed by atoms with Crippen molar-refractivity contribution in [2.45, 2.75) is 37.4 Å². The van der Waals surface area contributed by atoms with Gasteiger partial charge in [0.2, 0.25) is 0 Å². The van der Waals surface area contributed by atoms with Gasteiger partial charge in [-0.1, -0.05) is 6.07 Å². The summed E-state index contributed by atoms with van der Waals surface area (Å²) in [5.41, 5.74) is 1.64. The van der Waals surface area contributed by atoms with Crippen LogP contribution in [0.5, 0.6) is 0 Å². The molecule has 2 fully saturated rings. The zero-order valence-electron chi connectivity index (χ0n) is 11.2. The molecule has 2 aliphatic rings. The third-order valence-corrected chi connectivity index (χ3v) is 4.48. The Morgan fingerprint density at radius 2 is 2.25 bits per heavy atom. The lowest BCUT2D eigenvalue weighted by Crippen LogP contribution is -2.42. The van der Waals surface area contributed by atoms with Crippen LogP contribution in [0.2, 0.25) is 0 Å². The molecule has 1 aromatic carbocycles. The third kappa shape index (κ3) is 1.96. The van der Waals surface area contributed by atoms with Crippen molar-refractivity contribution in [1.29, 1.82) is 0 Å². The second-order valence-electron chi connectivity index (χ2n) is 5.77. The quantitative estimate of drug-likeness (QED) is 0.873. The van der Waals surface area contributed by atoms with Gasteiger partial charge in [-0.25, -0.2) is 0 Å². The molecule has 20 heavy (non-hydrogen) atoms. The number of pyridine rings is 1. The summed E-state index contributed by atoms with van der Waals surface area (Å²) in [6, 6.07) is 10.9. The maximum absolute atomic E-state index is 12.4. The van der Waals surface area contributed by atoms with E-state index in [1.807, 2.05) is 30.3 Å². The van der Waals surface area contributed by atoms with Crippen molar-refractivity contribution in [2.75, 3.05) is 0 Å². The first-order valence-corrected chi connectivity index (χ1v) is 7.21. The van der Waals surface area contributed by atoms with Crippen LogP contribution in [0, 0.1) is 0 Å². The van der Waals surface area contributed by atoms with Crippen LogP contribution < -0.4 is 10.6 Å². The summed E-state index contributed by atoms with van der Waals surface area (Å²) in [5, 5.41) is 7.71. The highest BCUT2D eigenvalue weighted by Gasteiger charge is 2.39. The van der Waals surface area contributed by atoms with Crippen LogP contribution in [0.4, 0.5) is 0 Å². The zero-order chi connectivity index (χ0) is 13.5. The van der Waals surface area contributed by atoms with Gasteiger partial charge in [0.05, 0.1) is 5.52 Å². The van der Waals surface area contributed by atoms with E-state index in [9.17, 15) is 4.79 Å². The van der Waals surface area contributed by atoms with E-state index in [1.54, 1.807) is 6.20 Å². The first-order chi connectivity index (χ1) is 9.79. The predicted molar refractivity (Wildman–Crippen MR) is 77.6 cm³/mol. The summed E-state index contributed by atoms with van der Waals surface area (Å²) >= 11 is 0. The van der Waals surface area contributed by atoms with E-state index < -0.39 is 0 Å². The molecule has 3 heterocycles. The monoisotopic (exact) mass is 267 g/mol. The minimum atomic E-state index is 0.0232. The maximum Gasteiger partial charge on any atom is 0.251 e. The van der Waals surface area contributed by atoms with Crippen LogP contribution in [0.3, 0.4) is 0 Å². The van der Waals surface area contributed by atoms with Gasteiger partial charge in [-0.2, -0.15) is 0 Å². The molecule has 0 aliphatic carbocycles. The minimum Gasteiger partial charge on any atom is -0.348 e. The Kier molecular flexibility index (Phi) is 2.70. The molecule has 2 aromatic rings. The Bertz CT molecular complexity index is 670. The van der Waals surface area contributed by atoms with Gasteiger partial charge in [0, 0.05) is 35.3 Å². The summed E-state index contributed by atoms with van der Waals surface area (Å²) in [4.78, 5) is 16.6. The van der Waals surface area contributed by atoms with Gasteiger partial charge in [0.25, 0.3) is 5.91 Å². The van der Waals surface area contributed by atoms with E-state index in [0.29, 0.717) is 17.6 Å². The van der Waals surface area contributed by atoms with Crippen LogP contribution in [-0.4, -0.2) is 29.0 Å². The summed E-state index contributed by atoms with van der Waals surface area (Å²) in [5.74, 6) is 0.0232. The fraction of sp³-hybridized carbons (Fsp3) is 0.375. The first kappa shape index (κ1) is 11.9. The van der Waals surface area contributed by atoms with E-state index >= 15 is 0 Å². The third-order valence-electron chi connectivity index (χ3n) is 4.48. The van der Waals surface area contributed by atoms with Gasteiger partial charge in [0.15, 0.2) is 0 Å². The summed E-state index contributed by atoms with van der Waals surface area (Å²) < 4.78 is 0. The summed E-state index contributed by atoms with van der Waals surface area (Å²) in [7, 11) is 0. The number of hydrogen-bond donors (Lipinski definition) is 2. The number of aromatic nitrogens is 1. The van der Waals surface area contributed by atoms with Gasteiger partial charge in [0.1, 0.15) is 0 Å². The second-order valence-corrected chi connectivity index (χ2v) is 5.77. The highest BCUT2D eigenvalue weighted by Crippen LogP contribution is 2.28. The molecule has 1 amide bonds. The van der Waals surface area contributed by atoms with Crippen molar-refractivity contribution < 1.29 is 4.79 Å². The molecule has 2 bridgehead atoms. The molecule has 1 aromatic heterocycles. The van der Waals surface area contributed by atoms with Crippen LogP contribution in [0.25, 0.3) is 10.9 Å². The molecule has 3 atom stereocenters. The second kappa shape index (κ2) is 4.56. The van der Waals surface area contributed by atoms with Crippen LogP contribution in [-0.2, 0) is 0 Å². The normalized spacial score (nSPS) is 27.9. The summed E-state index contributed by atoms with van der Waals surface area (Å²) in [6.07, 6.45) is 5.25. The van der Waals surface area contributed by atoms with Gasteiger partial charge < -0.3 is 10.6 Å². The number of hydrogen-bond acceptors (Lipinski definition) is 3. The van der Waals surface area contributed by atoms with Gasteiger partial charge >= 0.3 is 0 Å². The highest BCUT2D eigenvalue weighted by atomic mass is 16.1. The Balaban J connectivity index is 1.54. The number of rotatable bonds is 2. The highest BCUT2D eigenvalue weighted by molar-refractivity contribution is 5.98. The Hall–Kier alpha value is -1.94. The summed E-state index contributed by atoms with van der Waals surface area (Å²) in [6.45, 7) is 0. The van der Waals surface area contributed by atoms with Crippen LogP contribution in [0.1, 0.15) is 29.6 Å². The fourth-order valence-corrected chi connectivity index (χ4v) is 3.45. The fourth-order valence-electron chi connectivity index (χ4n) is 3.45. The smallest absolute Gasteiger partial charge is 0.251 e. The molecule has 4 rings (SSSR count). The van der Waals surface area contributed by atoms with Gasteiger partial charge in [-0.05, 0) is 43.5 Å². The van der Waals surface area contributed by atoms with E-state index in [2.05, 4.69) is 15.6 Å². The molecule has 102 valence electrons.